The third-order valence-corrected chi connectivity index (χ3v) is 4.63. The predicted molar refractivity (Wildman–Crippen MR) is 109 cm³/mol. The van der Waals surface area contributed by atoms with Gasteiger partial charge in [-0.15, -0.1) is 0 Å². The highest BCUT2D eigenvalue weighted by atomic mass is 35.5. The number of urea groups is 1. The molecule has 2 aromatic carbocycles. The number of hydrogen-bond donors (Lipinski definition) is 2. The van der Waals surface area contributed by atoms with E-state index in [0.717, 1.165) is 16.5 Å². The zero-order valence-corrected chi connectivity index (χ0v) is 15.4. The first kappa shape index (κ1) is 18.0. The predicted octanol–water partition coefficient (Wildman–Crippen LogP) is 5.52. The Morgan fingerprint density at radius 3 is 2.68 bits per heavy atom. The van der Waals surface area contributed by atoms with Crippen molar-refractivity contribution in [3.8, 4) is 0 Å². The first-order chi connectivity index (χ1) is 13.6. The molecule has 0 aliphatic carbocycles. The Kier molecular flexibility index (Phi) is 4.95. The molecule has 0 spiro atoms. The van der Waals surface area contributed by atoms with Crippen LogP contribution in [0.3, 0.4) is 0 Å². The quantitative estimate of drug-likeness (QED) is 0.478. The molecule has 2 N–H and O–H groups in total. The highest BCUT2D eigenvalue weighted by Crippen LogP contribution is 2.26. The van der Waals surface area contributed by atoms with Crippen molar-refractivity contribution in [2.24, 2.45) is 0 Å². The summed E-state index contributed by atoms with van der Waals surface area (Å²) < 4.78 is 15.4. The van der Waals surface area contributed by atoms with Crippen LogP contribution in [0.2, 0.25) is 5.02 Å². The van der Waals surface area contributed by atoms with E-state index < -0.39 is 11.8 Å². The van der Waals surface area contributed by atoms with Gasteiger partial charge in [0.25, 0.3) is 0 Å². The van der Waals surface area contributed by atoms with E-state index in [1.807, 2.05) is 42.6 Å². The summed E-state index contributed by atoms with van der Waals surface area (Å²) in [5.74, 6) is -0.534. The lowest BCUT2D eigenvalue weighted by Crippen LogP contribution is -2.19. The average Bonchev–Trinajstić information content (AvgIpc) is 3.09. The second kappa shape index (κ2) is 7.70. The number of fused-ring (bicyclic) bond motifs is 1. The van der Waals surface area contributed by atoms with Crippen molar-refractivity contribution in [2.75, 3.05) is 10.6 Å². The Hall–Kier alpha value is -3.38. The van der Waals surface area contributed by atoms with Crippen LogP contribution in [-0.4, -0.2) is 15.6 Å². The van der Waals surface area contributed by atoms with Crippen LogP contribution in [0.1, 0.15) is 5.56 Å². The molecule has 4 aromatic rings. The molecule has 2 heterocycles. The lowest BCUT2D eigenvalue weighted by molar-refractivity contribution is 0.262. The Balaban J connectivity index is 1.54. The smallest absolute Gasteiger partial charge is 0.323 e. The van der Waals surface area contributed by atoms with Gasteiger partial charge in [0.2, 0.25) is 0 Å². The standard InChI is InChI=1S/C21H16ClFN4O/c22-17-12-15(4-5-18(17)23)25-21(28)26-19-2-1-3-20-16(19)8-11-27(20)13-14-6-9-24-10-7-14/h1-12H,13H2,(H2,25,26,28). The zero-order chi connectivity index (χ0) is 19.5. The first-order valence-corrected chi connectivity index (χ1v) is 8.98. The highest BCUT2D eigenvalue weighted by molar-refractivity contribution is 6.31. The lowest BCUT2D eigenvalue weighted by atomic mass is 10.2. The number of carbonyl (C=O) groups is 1. The molecule has 0 atom stereocenters. The fourth-order valence-corrected chi connectivity index (χ4v) is 3.19. The molecule has 0 saturated heterocycles. The highest BCUT2D eigenvalue weighted by Gasteiger charge is 2.10. The fraction of sp³-hybridized carbons (Fsp3) is 0.0476. The number of rotatable bonds is 4. The molecule has 2 amide bonds. The summed E-state index contributed by atoms with van der Waals surface area (Å²) in [4.78, 5) is 16.4. The SMILES string of the molecule is O=C(Nc1ccc(F)c(Cl)c1)Nc1cccc2c1ccn2Cc1ccncc1. The number of benzene rings is 2. The van der Waals surface area contributed by atoms with Gasteiger partial charge in [0.05, 0.1) is 16.2 Å². The van der Waals surface area contributed by atoms with Crippen LogP contribution in [0, 0.1) is 5.82 Å². The van der Waals surface area contributed by atoms with Crippen LogP contribution in [0.5, 0.6) is 0 Å². The number of hydrogen-bond acceptors (Lipinski definition) is 2. The largest absolute Gasteiger partial charge is 0.343 e. The van der Waals surface area contributed by atoms with E-state index in [1.165, 1.54) is 18.2 Å². The summed E-state index contributed by atoms with van der Waals surface area (Å²) >= 11 is 5.75. The molecular weight excluding hydrogens is 379 g/mol. The van der Waals surface area contributed by atoms with E-state index >= 15 is 0 Å². The molecule has 0 bridgehead atoms. The maximum atomic E-state index is 13.3. The van der Waals surface area contributed by atoms with Gasteiger partial charge >= 0.3 is 6.03 Å². The maximum absolute atomic E-state index is 13.3. The van der Waals surface area contributed by atoms with Crippen molar-refractivity contribution in [3.05, 3.63) is 89.6 Å². The molecule has 140 valence electrons. The molecule has 0 radical (unpaired) electrons. The van der Waals surface area contributed by atoms with Crippen LogP contribution < -0.4 is 10.6 Å². The Morgan fingerprint density at radius 2 is 1.89 bits per heavy atom. The molecule has 0 aliphatic rings. The van der Waals surface area contributed by atoms with Gasteiger partial charge in [0.1, 0.15) is 5.82 Å². The maximum Gasteiger partial charge on any atom is 0.323 e. The van der Waals surface area contributed by atoms with Crippen LogP contribution in [0.4, 0.5) is 20.6 Å². The molecule has 2 aromatic heterocycles. The molecule has 0 unspecified atom stereocenters. The Labute approximate surface area is 165 Å². The summed E-state index contributed by atoms with van der Waals surface area (Å²) in [5, 5.41) is 6.36. The number of carbonyl (C=O) groups excluding carboxylic acids is 1. The number of nitrogens with zero attached hydrogens (tertiary/aromatic N) is 2. The molecule has 7 heteroatoms. The molecule has 28 heavy (non-hydrogen) atoms. The topological polar surface area (TPSA) is 59.0 Å². The van der Waals surface area contributed by atoms with Gasteiger partial charge in [0.15, 0.2) is 0 Å². The summed E-state index contributed by atoms with van der Waals surface area (Å²) in [5.41, 5.74) is 3.22. The van der Waals surface area contributed by atoms with Crippen molar-refractivity contribution in [3.63, 3.8) is 0 Å². The van der Waals surface area contributed by atoms with Gasteiger partial charge in [-0.25, -0.2) is 9.18 Å². The minimum Gasteiger partial charge on any atom is -0.343 e. The lowest BCUT2D eigenvalue weighted by Gasteiger charge is -2.10. The van der Waals surface area contributed by atoms with Gasteiger partial charge in [-0.3, -0.25) is 4.98 Å². The Morgan fingerprint density at radius 1 is 1.07 bits per heavy atom. The van der Waals surface area contributed by atoms with Crippen molar-refractivity contribution in [1.29, 1.82) is 0 Å². The molecule has 0 fully saturated rings. The summed E-state index contributed by atoms with van der Waals surface area (Å²) in [6, 6.07) is 15.2. The minimum absolute atomic E-state index is 0.0481. The molecule has 0 saturated carbocycles. The summed E-state index contributed by atoms with van der Waals surface area (Å²) in [6.07, 6.45) is 5.51. The van der Waals surface area contributed by atoms with Gasteiger partial charge in [-0.05, 0) is 54.1 Å². The third-order valence-electron chi connectivity index (χ3n) is 4.34. The van der Waals surface area contributed by atoms with Crippen molar-refractivity contribution in [1.82, 2.24) is 9.55 Å². The average molecular weight is 395 g/mol. The van der Waals surface area contributed by atoms with Gasteiger partial charge in [-0.1, -0.05) is 17.7 Å². The number of aromatic nitrogens is 2. The van der Waals surface area contributed by atoms with Gasteiger partial charge in [0, 0.05) is 36.2 Å². The van der Waals surface area contributed by atoms with E-state index in [2.05, 4.69) is 20.2 Å². The van der Waals surface area contributed by atoms with Crippen molar-refractivity contribution in [2.45, 2.75) is 6.54 Å². The Bertz CT molecular complexity index is 1140. The summed E-state index contributed by atoms with van der Waals surface area (Å²) in [6.45, 7) is 0.704. The van der Waals surface area contributed by atoms with Gasteiger partial charge < -0.3 is 15.2 Å². The van der Waals surface area contributed by atoms with Crippen LogP contribution in [-0.2, 0) is 6.54 Å². The number of halogens is 2. The molecule has 5 nitrogen and oxygen atoms in total. The molecule has 0 aliphatic heterocycles. The number of nitrogens with one attached hydrogen (secondary N) is 2. The van der Waals surface area contributed by atoms with E-state index in [0.29, 0.717) is 17.9 Å². The van der Waals surface area contributed by atoms with Crippen LogP contribution >= 0.6 is 11.6 Å². The number of anilines is 2. The van der Waals surface area contributed by atoms with E-state index in [4.69, 9.17) is 11.6 Å². The molecular formula is C21H16ClFN4O. The van der Waals surface area contributed by atoms with E-state index in [-0.39, 0.29) is 5.02 Å². The second-order valence-electron chi connectivity index (χ2n) is 6.25. The van der Waals surface area contributed by atoms with E-state index in [9.17, 15) is 9.18 Å². The summed E-state index contributed by atoms with van der Waals surface area (Å²) in [7, 11) is 0. The zero-order valence-electron chi connectivity index (χ0n) is 14.7. The van der Waals surface area contributed by atoms with Gasteiger partial charge in [-0.2, -0.15) is 0 Å². The van der Waals surface area contributed by atoms with E-state index in [1.54, 1.807) is 12.4 Å². The molecule has 4 rings (SSSR count). The minimum atomic E-state index is -0.534. The number of amides is 2. The normalized spacial score (nSPS) is 10.8. The van der Waals surface area contributed by atoms with Crippen LogP contribution in [0.15, 0.2) is 73.2 Å². The van der Waals surface area contributed by atoms with Crippen molar-refractivity contribution >= 4 is 39.9 Å². The first-order valence-electron chi connectivity index (χ1n) is 8.60. The monoisotopic (exact) mass is 394 g/mol. The second-order valence-corrected chi connectivity index (χ2v) is 6.65. The third kappa shape index (κ3) is 3.82. The fourth-order valence-electron chi connectivity index (χ4n) is 3.01. The van der Waals surface area contributed by atoms with Crippen LogP contribution in [0.25, 0.3) is 10.9 Å². The van der Waals surface area contributed by atoms with Crippen molar-refractivity contribution < 1.29 is 9.18 Å². The number of pyridine rings is 1.